The van der Waals surface area contributed by atoms with Gasteiger partial charge in [-0.2, -0.15) is 0 Å². The van der Waals surface area contributed by atoms with Crippen LogP contribution in [0.2, 0.25) is 0 Å². The number of carboxylic acids is 1. The van der Waals surface area contributed by atoms with Gasteiger partial charge in [0.05, 0.1) is 7.11 Å². The molecule has 0 aliphatic heterocycles. The van der Waals surface area contributed by atoms with Crippen molar-refractivity contribution in [1.29, 1.82) is 0 Å². The molecule has 3 aromatic rings. The van der Waals surface area contributed by atoms with Crippen LogP contribution in [0, 0.1) is 0 Å². The van der Waals surface area contributed by atoms with Crippen molar-refractivity contribution in [2.75, 3.05) is 13.7 Å². The average molecular weight is 368 g/mol. The fraction of sp³-hybridized carbons (Fsp3) is 0.105. The molecule has 0 saturated heterocycles. The van der Waals surface area contributed by atoms with E-state index in [4.69, 9.17) is 14.6 Å². The second kappa shape index (κ2) is 7.61. The number of fused-ring (bicyclic) bond motifs is 1. The number of carboxylic acid groups (broad SMARTS) is 1. The molecule has 1 aromatic heterocycles. The zero-order valence-corrected chi connectivity index (χ0v) is 14.3. The second-order valence-electron chi connectivity index (χ2n) is 5.56. The third kappa shape index (κ3) is 4.06. The van der Waals surface area contributed by atoms with Crippen LogP contribution in [-0.4, -0.2) is 40.7 Å². The van der Waals surface area contributed by atoms with Gasteiger partial charge >= 0.3 is 5.97 Å². The van der Waals surface area contributed by atoms with Gasteiger partial charge in [0.1, 0.15) is 23.8 Å². The van der Waals surface area contributed by atoms with Crippen molar-refractivity contribution in [3.8, 4) is 23.0 Å². The Morgan fingerprint density at radius 2 is 1.74 bits per heavy atom. The number of carbonyl (C=O) groups excluding carboxylic acids is 1. The van der Waals surface area contributed by atoms with Crippen LogP contribution in [0.4, 0.5) is 0 Å². The summed E-state index contributed by atoms with van der Waals surface area (Å²) >= 11 is 0. The highest BCUT2D eigenvalue weighted by molar-refractivity contribution is 6.02. The van der Waals surface area contributed by atoms with Crippen LogP contribution in [0.15, 0.2) is 48.7 Å². The quantitative estimate of drug-likeness (QED) is 0.612. The number of methoxy groups -OCH3 is 1. The molecular formula is C19H16N2O6. The van der Waals surface area contributed by atoms with Gasteiger partial charge in [-0.3, -0.25) is 9.59 Å². The highest BCUT2D eigenvalue weighted by atomic mass is 16.5. The molecule has 8 nitrogen and oxygen atoms in total. The Kier molecular flexibility index (Phi) is 5.07. The minimum atomic E-state index is -1.20. The lowest BCUT2D eigenvalue weighted by molar-refractivity contribution is -0.135. The lowest BCUT2D eigenvalue weighted by Crippen LogP contribution is -2.29. The van der Waals surface area contributed by atoms with Gasteiger partial charge in [-0.15, -0.1) is 0 Å². The molecule has 2 aromatic carbocycles. The van der Waals surface area contributed by atoms with E-state index < -0.39 is 18.4 Å². The van der Waals surface area contributed by atoms with Crippen molar-refractivity contribution < 1.29 is 29.3 Å². The number of nitrogens with one attached hydrogen (secondary N) is 1. The highest BCUT2D eigenvalue weighted by Crippen LogP contribution is 2.32. The summed E-state index contributed by atoms with van der Waals surface area (Å²) in [6.07, 6.45) is 1.42. The van der Waals surface area contributed by atoms with Crippen LogP contribution in [0.1, 0.15) is 10.5 Å². The normalized spacial score (nSPS) is 10.4. The molecule has 0 bridgehead atoms. The Bertz CT molecular complexity index is 1000. The van der Waals surface area contributed by atoms with E-state index in [2.05, 4.69) is 10.3 Å². The first kappa shape index (κ1) is 18.0. The molecule has 27 heavy (non-hydrogen) atoms. The van der Waals surface area contributed by atoms with Gasteiger partial charge in [0.2, 0.25) is 0 Å². The third-order valence-corrected chi connectivity index (χ3v) is 3.75. The standard InChI is InChI=1S/C19H16N2O6/c1-26-12-4-6-13(7-5-12)27-14-3-2-11-9-20-17(18(24)15(11)8-14)19(25)21-10-16(22)23/h2-9,24H,10H2,1H3,(H,21,25)(H,22,23). The van der Waals surface area contributed by atoms with Crippen molar-refractivity contribution in [2.24, 2.45) is 0 Å². The number of hydrogen-bond donors (Lipinski definition) is 3. The summed E-state index contributed by atoms with van der Waals surface area (Å²) in [7, 11) is 1.57. The molecule has 0 unspecified atom stereocenters. The lowest BCUT2D eigenvalue weighted by atomic mass is 10.1. The number of carbonyl (C=O) groups is 2. The van der Waals surface area contributed by atoms with Gasteiger partial charge in [-0.05, 0) is 42.5 Å². The van der Waals surface area contributed by atoms with E-state index in [0.717, 1.165) is 0 Å². The number of pyridine rings is 1. The number of aliphatic carboxylic acids is 1. The molecule has 1 amide bonds. The first-order valence-electron chi connectivity index (χ1n) is 7.91. The van der Waals surface area contributed by atoms with Gasteiger partial charge < -0.3 is 25.0 Å². The average Bonchev–Trinajstić information content (AvgIpc) is 2.67. The first-order valence-corrected chi connectivity index (χ1v) is 7.91. The Labute approximate surface area is 154 Å². The van der Waals surface area contributed by atoms with E-state index in [0.29, 0.717) is 28.0 Å². The SMILES string of the molecule is COc1ccc(Oc2ccc3cnc(C(=O)NCC(=O)O)c(O)c3c2)cc1. The minimum Gasteiger partial charge on any atom is -0.505 e. The van der Waals surface area contributed by atoms with E-state index in [1.54, 1.807) is 49.6 Å². The number of hydrogen-bond acceptors (Lipinski definition) is 6. The van der Waals surface area contributed by atoms with Crippen LogP contribution in [0.3, 0.4) is 0 Å². The number of ether oxygens (including phenoxy) is 2. The number of amides is 1. The Balaban J connectivity index is 1.89. The molecule has 138 valence electrons. The molecule has 0 spiro atoms. The highest BCUT2D eigenvalue weighted by Gasteiger charge is 2.17. The number of aromatic hydroxyl groups is 1. The Morgan fingerprint density at radius 3 is 2.41 bits per heavy atom. The fourth-order valence-electron chi connectivity index (χ4n) is 2.42. The third-order valence-electron chi connectivity index (χ3n) is 3.75. The van der Waals surface area contributed by atoms with E-state index in [1.807, 2.05) is 0 Å². The molecule has 8 heteroatoms. The zero-order valence-electron chi connectivity index (χ0n) is 14.3. The summed E-state index contributed by atoms with van der Waals surface area (Å²) in [5, 5.41) is 22.2. The van der Waals surface area contributed by atoms with Gasteiger partial charge in [0.15, 0.2) is 11.4 Å². The number of benzene rings is 2. The summed E-state index contributed by atoms with van der Waals surface area (Å²) in [5.74, 6) is -0.608. The molecule has 0 atom stereocenters. The molecular weight excluding hydrogens is 352 g/mol. The molecule has 3 rings (SSSR count). The smallest absolute Gasteiger partial charge is 0.322 e. The monoisotopic (exact) mass is 368 g/mol. The summed E-state index contributed by atoms with van der Waals surface area (Å²) in [6.45, 7) is -0.571. The second-order valence-corrected chi connectivity index (χ2v) is 5.56. The van der Waals surface area contributed by atoms with Gasteiger partial charge in [-0.25, -0.2) is 4.98 Å². The van der Waals surface area contributed by atoms with Gasteiger partial charge in [-0.1, -0.05) is 0 Å². The Hall–Kier alpha value is -3.81. The molecule has 0 aliphatic carbocycles. The van der Waals surface area contributed by atoms with E-state index in [-0.39, 0.29) is 11.4 Å². The van der Waals surface area contributed by atoms with Crippen molar-refractivity contribution in [1.82, 2.24) is 10.3 Å². The molecule has 0 saturated carbocycles. The van der Waals surface area contributed by atoms with Crippen LogP contribution in [0.25, 0.3) is 10.8 Å². The summed E-state index contributed by atoms with van der Waals surface area (Å²) < 4.78 is 10.8. The minimum absolute atomic E-state index is 0.259. The van der Waals surface area contributed by atoms with E-state index >= 15 is 0 Å². The van der Waals surface area contributed by atoms with Crippen molar-refractivity contribution >= 4 is 22.6 Å². The number of aromatic nitrogens is 1. The zero-order chi connectivity index (χ0) is 19.4. The van der Waals surface area contributed by atoms with Crippen molar-refractivity contribution in [3.63, 3.8) is 0 Å². The number of rotatable bonds is 6. The van der Waals surface area contributed by atoms with Crippen LogP contribution in [0.5, 0.6) is 23.0 Å². The van der Waals surface area contributed by atoms with Crippen LogP contribution < -0.4 is 14.8 Å². The first-order chi connectivity index (χ1) is 13.0. The van der Waals surface area contributed by atoms with E-state index in [1.165, 1.54) is 6.20 Å². The largest absolute Gasteiger partial charge is 0.505 e. The molecule has 1 heterocycles. The molecule has 0 aliphatic rings. The predicted molar refractivity (Wildman–Crippen MR) is 96.4 cm³/mol. The molecule has 3 N–H and O–H groups in total. The van der Waals surface area contributed by atoms with Crippen LogP contribution in [-0.2, 0) is 4.79 Å². The lowest BCUT2D eigenvalue weighted by Gasteiger charge is -2.10. The summed E-state index contributed by atoms with van der Waals surface area (Å²) in [4.78, 5) is 26.5. The summed E-state index contributed by atoms with van der Waals surface area (Å²) in [6, 6.07) is 12.0. The molecule has 0 radical (unpaired) electrons. The van der Waals surface area contributed by atoms with Gasteiger partial charge in [0.25, 0.3) is 5.91 Å². The maximum Gasteiger partial charge on any atom is 0.322 e. The predicted octanol–water partition coefficient (Wildman–Crippen LogP) is 2.56. The fourth-order valence-corrected chi connectivity index (χ4v) is 2.42. The van der Waals surface area contributed by atoms with Gasteiger partial charge in [0, 0.05) is 17.0 Å². The summed E-state index contributed by atoms with van der Waals surface area (Å²) in [5.41, 5.74) is -0.259. The maximum atomic E-state index is 12.0. The number of nitrogens with zero attached hydrogens (tertiary/aromatic N) is 1. The molecule has 0 fully saturated rings. The Morgan fingerprint density at radius 1 is 1.07 bits per heavy atom. The van der Waals surface area contributed by atoms with Crippen molar-refractivity contribution in [2.45, 2.75) is 0 Å². The van der Waals surface area contributed by atoms with Crippen LogP contribution >= 0.6 is 0 Å². The van der Waals surface area contributed by atoms with E-state index in [9.17, 15) is 14.7 Å². The topological polar surface area (TPSA) is 118 Å². The maximum absolute atomic E-state index is 12.0. The van der Waals surface area contributed by atoms with Crippen molar-refractivity contribution in [3.05, 3.63) is 54.4 Å².